The molecule has 3 heteroatoms. The molecule has 0 radical (unpaired) electrons. The van der Waals surface area contributed by atoms with E-state index in [1.165, 1.54) is 25.7 Å². The van der Waals surface area contributed by atoms with E-state index in [4.69, 9.17) is 0 Å². The van der Waals surface area contributed by atoms with Crippen molar-refractivity contribution in [3.8, 4) is 0 Å². The molecule has 2 atom stereocenters. The largest absolute Gasteiger partial charge is 0.302 e. The zero-order valence-electron chi connectivity index (χ0n) is 9.97. The third-order valence-corrected chi connectivity index (χ3v) is 3.99. The number of nitrogens with one attached hydrogen (secondary N) is 1. The van der Waals surface area contributed by atoms with E-state index in [1.807, 2.05) is 0 Å². The van der Waals surface area contributed by atoms with Crippen LogP contribution in [-0.2, 0) is 0 Å². The first-order valence-corrected chi connectivity index (χ1v) is 6.76. The Hall–Kier alpha value is 0.270. The van der Waals surface area contributed by atoms with Gasteiger partial charge in [0.15, 0.2) is 0 Å². The molecule has 0 heterocycles. The van der Waals surface area contributed by atoms with Crippen LogP contribution in [0.1, 0.15) is 32.6 Å². The highest BCUT2D eigenvalue weighted by Crippen LogP contribution is 2.35. The fourth-order valence-electron chi connectivity index (χ4n) is 2.56. The number of rotatable bonds is 4. The van der Waals surface area contributed by atoms with Crippen LogP contribution in [0.25, 0.3) is 0 Å². The summed E-state index contributed by atoms with van der Waals surface area (Å²) < 4.78 is 3.44. The van der Waals surface area contributed by atoms with Gasteiger partial charge in [-0.15, -0.1) is 0 Å². The van der Waals surface area contributed by atoms with Crippen molar-refractivity contribution in [2.75, 3.05) is 26.9 Å². The van der Waals surface area contributed by atoms with Crippen molar-refractivity contribution in [1.82, 2.24) is 9.62 Å². The number of hydrogen-bond donors (Lipinski definition) is 1. The highest BCUT2D eigenvalue weighted by molar-refractivity contribution is 7.96. The zero-order chi connectivity index (χ0) is 10.6. The molecule has 0 amide bonds. The maximum atomic E-state index is 3.44. The molecule has 1 fully saturated rings. The molecule has 2 unspecified atom stereocenters. The smallest absolute Gasteiger partial charge is 0.0339 e. The third kappa shape index (κ3) is 2.88. The van der Waals surface area contributed by atoms with Crippen LogP contribution in [0.15, 0.2) is 0 Å². The zero-order valence-corrected chi connectivity index (χ0v) is 10.8. The molecule has 1 rings (SSSR count). The first kappa shape index (κ1) is 12.3. The van der Waals surface area contributed by atoms with E-state index in [0.717, 1.165) is 12.5 Å². The molecule has 1 aliphatic carbocycles. The van der Waals surface area contributed by atoms with E-state index in [9.17, 15) is 0 Å². The van der Waals surface area contributed by atoms with Crippen molar-refractivity contribution >= 4 is 11.9 Å². The second-order valence-corrected chi connectivity index (χ2v) is 5.54. The summed E-state index contributed by atoms with van der Waals surface area (Å²) >= 11 is 1.74. The molecule has 0 spiro atoms. The van der Waals surface area contributed by atoms with Crippen LogP contribution in [-0.4, -0.2) is 37.3 Å². The summed E-state index contributed by atoms with van der Waals surface area (Å²) in [7, 11) is 4.44. The molecule has 0 bridgehead atoms. The summed E-state index contributed by atoms with van der Waals surface area (Å²) in [6.07, 6.45) is 7.59. The highest BCUT2D eigenvalue weighted by atomic mass is 32.2. The molecule has 2 nitrogen and oxygen atoms in total. The van der Waals surface area contributed by atoms with Crippen LogP contribution in [0.5, 0.6) is 0 Å². The fourth-order valence-corrected chi connectivity index (χ4v) is 2.98. The van der Waals surface area contributed by atoms with Gasteiger partial charge >= 0.3 is 0 Å². The van der Waals surface area contributed by atoms with E-state index in [2.05, 4.69) is 36.9 Å². The molecule has 14 heavy (non-hydrogen) atoms. The summed E-state index contributed by atoms with van der Waals surface area (Å²) in [5, 5.41) is 0. The Bertz CT molecular complexity index is 173. The van der Waals surface area contributed by atoms with Gasteiger partial charge in [0, 0.05) is 12.1 Å². The minimum atomic E-state index is 0.403. The molecule has 0 aromatic rings. The Morgan fingerprint density at radius 3 is 2.71 bits per heavy atom. The SMILES string of the molecule is CSNCC1(N(C)C)CCCC(C)C1. The number of nitrogens with zero attached hydrogens (tertiary/aromatic N) is 1. The van der Waals surface area contributed by atoms with Crippen molar-refractivity contribution in [1.29, 1.82) is 0 Å². The summed E-state index contributed by atoms with van der Waals surface area (Å²) in [5.74, 6) is 0.884. The first-order chi connectivity index (χ1) is 6.60. The lowest BCUT2D eigenvalue weighted by molar-refractivity contribution is 0.0812. The molecule has 1 aliphatic rings. The van der Waals surface area contributed by atoms with Crippen molar-refractivity contribution in [3.05, 3.63) is 0 Å². The Balaban J connectivity index is 2.60. The van der Waals surface area contributed by atoms with Gasteiger partial charge in [0.1, 0.15) is 0 Å². The topological polar surface area (TPSA) is 15.3 Å². The van der Waals surface area contributed by atoms with Crippen LogP contribution < -0.4 is 4.72 Å². The molecule has 0 saturated heterocycles. The average Bonchev–Trinajstić information content (AvgIpc) is 2.14. The summed E-state index contributed by atoms with van der Waals surface area (Å²) in [5.41, 5.74) is 0.403. The lowest BCUT2D eigenvalue weighted by Crippen LogP contribution is -2.53. The molecular weight excluding hydrogens is 192 g/mol. The number of hydrogen-bond acceptors (Lipinski definition) is 3. The second-order valence-electron chi connectivity index (χ2n) is 4.85. The van der Waals surface area contributed by atoms with Crippen LogP contribution in [0.2, 0.25) is 0 Å². The molecule has 0 aromatic carbocycles. The van der Waals surface area contributed by atoms with Crippen LogP contribution in [0.3, 0.4) is 0 Å². The van der Waals surface area contributed by atoms with Gasteiger partial charge in [-0.05, 0) is 39.1 Å². The third-order valence-electron chi connectivity index (χ3n) is 3.56. The quantitative estimate of drug-likeness (QED) is 0.726. The van der Waals surface area contributed by atoms with Gasteiger partial charge in [0.25, 0.3) is 0 Å². The second kappa shape index (κ2) is 5.38. The Kier molecular flexibility index (Phi) is 4.74. The predicted octanol–water partition coefficient (Wildman–Crippen LogP) is 2.36. The van der Waals surface area contributed by atoms with Crippen molar-refractivity contribution in [3.63, 3.8) is 0 Å². The molecule has 0 aromatic heterocycles. The molecular formula is C11H24N2S. The lowest BCUT2D eigenvalue weighted by Gasteiger charge is -2.45. The predicted molar refractivity (Wildman–Crippen MR) is 65.6 cm³/mol. The maximum Gasteiger partial charge on any atom is 0.0339 e. The van der Waals surface area contributed by atoms with Crippen LogP contribution in [0, 0.1) is 5.92 Å². The lowest BCUT2D eigenvalue weighted by atomic mass is 9.75. The van der Waals surface area contributed by atoms with Crippen molar-refractivity contribution in [2.24, 2.45) is 5.92 Å². The van der Waals surface area contributed by atoms with Gasteiger partial charge in [-0.25, -0.2) is 0 Å². The van der Waals surface area contributed by atoms with E-state index in [-0.39, 0.29) is 0 Å². The minimum Gasteiger partial charge on any atom is -0.302 e. The Morgan fingerprint density at radius 1 is 1.50 bits per heavy atom. The average molecular weight is 216 g/mol. The Labute approximate surface area is 93.0 Å². The fraction of sp³-hybridized carbons (Fsp3) is 1.00. The molecule has 1 N–H and O–H groups in total. The summed E-state index contributed by atoms with van der Waals surface area (Å²) in [6.45, 7) is 3.50. The van der Waals surface area contributed by atoms with Gasteiger partial charge in [-0.3, -0.25) is 4.72 Å². The van der Waals surface area contributed by atoms with Crippen LogP contribution in [0.4, 0.5) is 0 Å². The first-order valence-electron chi connectivity index (χ1n) is 5.54. The number of likely N-dealkylation sites (N-methyl/N-ethyl adjacent to an activating group) is 1. The van der Waals surface area contributed by atoms with Crippen molar-refractivity contribution in [2.45, 2.75) is 38.1 Å². The highest BCUT2D eigenvalue weighted by Gasteiger charge is 2.36. The molecule has 0 aliphatic heterocycles. The summed E-state index contributed by atoms with van der Waals surface area (Å²) in [4.78, 5) is 2.42. The standard InChI is InChI=1S/C11H24N2S/c1-10-6-5-7-11(8-10,13(2)3)9-12-14-4/h10,12H,5-9H2,1-4H3. The van der Waals surface area contributed by atoms with Gasteiger partial charge in [-0.1, -0.05) is 31.7 Å². The van der Waals surface area contributed by atoms with E-state index < -0.39 is 0 Å². The van der Waals surface area contributed by atoms with Crippen molar-refractivity contribution < 1.29 is 0 Å². The normalized spacial score (nSPS) is 33.6. The van der Waals surface area contributed by atoms with E-state index in [1.54, 1.807) is 11.9 Å². The minimum absolute atomic E-state index is 0.403. The molecule has 1 saturated carbocycles. The van der Waals surface area contributed by atoms with Gasteiger partial charge < -0.3 is 4.90 Å². The van der Waals surface area contributed by atoms with Gasteiger partial charge in [0.05, 0.1) is 0 Å². The van der Waals surface area contributed by atoms with E-state index >= 15 is 0 Å². The Morgan fingerprint density at radius 2 is 2.21 bits per heavy atom. The van der Waals surface area contributed by atoms with Gasteiger partial charge in [-0.2, -0.15) is 0 Å². The monoisotopic (exact) mass is 216 g/mol. The molecule has 84 valence electrons. The van der Waals surface area contributed by atoms with Crippen LogP contribution >= 0.6 is 11.9 Å². The van der Waals surface area contributed by atoms with E-state index in [0.29, 0.717) is 5.54 Å². The maximum absolute atomic E-state index is 3.44. The summed E-state index contributed by atoms with van der Waals surface area (Å²) in [6, 6.07) is 0. The van der Waals surface area contributed by atoms with Gasteiger partial charge in [0.2, 0.25) is 0 Å².